The minimum Gasteiger partial charge on any atom is -0.496 e. The standard InChI is InChI=1S/C29H33N3O8S/c1-17-22-25(33)32(29(27(34)35)10-5-11-29)28(36)31(26(22)41-23(17)24-30-12-15-39-24)16-21(40-18-8-13-38-14-9-18)19-6-3-4-7-20(19)37-2/h3-4,6-7,12,15,18,21-22,26H,5,8-11,13-14,16H2,1-2H3,(H,34,35). The highest BCUT2D eigenvalue weighted by Crippen LogP contribution is 2.53. The smallest absolute Gasteiger partial charge is 0.330 e. The van der Waals surface area contributed by atoms with Crippen LogP contribution in [0, 0.1) is 5.92 Å². The number of ether oxygens (including phenoxy) is 3. The van der Waals surface area contributed by atoms with E-state index < -0.39 is 40.8 Å². The number of aliphatic carboxylic acids is 1. The van der Waals surface area contributed by atoms with Gasteiger partial charge in [0.15, 0.2) is 0 Å². The SMILES string of the molecule is COc1ccccc1C(CN1C(=O)N(C2(C(=O)O)CCC2)C(=O)C2C(C)=C(c3ncco3)SC21)OC1CCOCC1. The number of hydrogen-bond donors (Lipinski definition) is 1. The molecular weight excluding hydrogens is 550 g/mol. The van der Waals surface area contributed by atoms with Crippen molar-refractivity contribution in [3.8, 4) is 5.75 Å². The monoisotopic (exact) mass is 583 g/mol. The Morgan fingerprint density at radius 2 is 2.00 bits per heavy atom. The number of fused-ring (bicyclic) bond motifs is 1. The molecule has 2 saturated heterocycles. The number of aromatic nitrogens is 1. The van der Waals surface area contributed by atoms with Gasteiger partial charge in [0, 0.05) is 18.8 Å². The summed E-state index contributed by atoms with van der Waals surface area (Å²) in [5, 5.41) is 9.63. The maximum absolute atomic E-state index is 14.3. The van der Waals surface area contributed by atoms with E-state index in [1.807, 2.05) is 31.2 Å². The van der Waals surface area contributed by atoms with Crippen molar-refractivity contribution in [3.05, 3.63) is 53.8 Å². The van der Waals surface area contributed by atoms with Crippen LogP contribution in [0.3, 0.4) is 0 Å². The predicted octanol–water partition coefficient (Wildman–Crippen LogP) is 4.31. The number of urea groups is 1. The fraction of sp³-hybridized carbons (Fsp3) is 0.517. The number of thioether (sulfide) groups is 1. The molecule has 4 heterocycles. The van der Waals surface area contributed by atoms with Gasteiger partial charge in [-0.25, -0.2) is 19.5 Å². The van der Waals surface area contributed by atoms with Crippen LogP contribution in [-0.2, 0) is 19.1 Å². The first-order chi connectivity index (χ1) is 19.9. The Morgan fingerprint density at radius 1 is 1.24 bits per heavy atom. The van der Waals surface area contributed by atoms with Gasteiger partial charge in [-0.2, -0.15) is 0 Å². The predicted molar refractivity (Wildman–Crippen MR) is 148 cm³/mol. The molecule has 41 heavy (non-hydrogen) atoms. The topological polar surface area (TPSA) is 132 Å². The number of hydrogen-bond acceptors (Lipinski definition) is 9. The van der Waals surface area contributed by atoms with Crippen molar-refractivity contribution >= 4 is 34.6 Å². The number of para-hydroxylation sites is 1. The Hall–Kier alpha value is -3.35. The van der Waals surface area contributed by atoms with Crippen LogP contribution in [0.5, 0.6) is 5.75 Å². The van der Waals surface area contributed by atoms with Crippen LogP contribution in [-0.4, -0.2) is 81.7 Å². The lowest BCUT2D eigenvalue weighted by atomic mass is 9.74. The van der Waals surface area contributed by atoms with Crippen LogP contribution in [0.15, 0.2) is 46.7 Å². The molecular formula is C29H33N3O8S. The summed E-state index contributed by atoms with van der Waals surface area (Å²) in [6.07, 6.45) is 4.80. The molecule has 1 saturated carbocycles. The van der Waals surface area contributed by atoms with Crippen LogP contribution >= 0.6 is 11.8 Å². The number of carboxylic acid groups (broad SMARTS) is 1. The van der Waals surface area contributed by atoms with Gasteiger partial charge >= 0.3 is 12.0 Å². The molecule has 1 N–H and O–H groups in total. The molecule has 1 aromatic heterocycles. The van der Waals surface area contributed by atoms with Crippen molar-refractivity contribution in [2.24, 2.45) is 5.92 Å². The number of amides is 3. The molecule has 1 aliphatic carbocycles. The Bertz CT molecular complexity index is 1350. The van der Waals surface area contributed by atoms with Crippen LogP contribution < -0.4 is 4.74 Å². The summed E-state index contributed by atoms with van der Waals surface area (Å²) in [5.74, 6) is -1.43. The molecule has 3 unspecified atom stereocenters. The molecule has 0 radical (unpaired) electrons. The molecule has 3 amide bonds. The lowest BCUT2D eigenvalue weighted by Gasteiger charge is -2.52. The van der Waals surface area contributed by atoms with Crippen molar-refractivity contribution in [2.45, 2.75) is 62.1 Å². The van der Waals surface area contributed by atoms with E-state index in [0.29, 0.717) is 54.6 Å². The molecule has 218 valence electrons. The van der Waals surface area contributed by atoms with Gasteiger partial charge < -0.3 is 28.6 Å². The second kappa shape index (κ2) is 11.1. The van der Waals surface area contributed by atoms with E-state index in [-0.39, 0.29) is 25.5 Å². The zero-order valence-corrected chi connectivity index (χ0v) is 23.8. The fourth-order valence-electron chi connectivity index (χ4n) is 6.20. The third-order valence-corrected chi connectivity index (χ3v) is 10.1. The highest BCUT2D eigenvalue weighted by molar-refractivity contribution is 8.09. The Balaban J connectivity index is 1.41. The number of carbonyl (C=O) groups is 3. The summed E-state index contributed by atoms with van der Waals surface area (Å²) in [6, 6.07) is 6.89. The van der Waals surface area contributed by atoms with Crippen molar-refractivity contribution in [2.75, 3.05) is 26.9 Å². The van der Waals surface area contributed by atoms with Crippen LogP contribution in [0.4, 0.5) is 4.79 Å². The van der Waals surface area contributed by atoms with Gasteiger partial charge in [-0.1, -0.05) is 30.0 Å². The molecule has 11 nitrogen and oxygen atoms in total. The van der Waals surface area contributed by atoms with Gasteiger partial charge in [0.2, 0.25) is 11.8 Å². The van der Waals surface area contributed by atoms with E-state index in [1.54, 1.807) is 12.0 Å². The second-order valence-electron chi connectivity index (χ2n) is 10.8. The molecule has 6 rings (SSSR count). The first kappa shape index (κ1) is 27.8. The minimum absolute atomic E-state index is 0.0936. The summed E-state index contributed by atoms with van der Waals surface area (Å²) in [5.41, 5.74) is -0.0873. The van der Waals surface area contributed by atoms with E-state index in [9.17, 15) is 19.5 Å². The van der Waals surface area contributed by atoms with Crippen molar-refractivity contribution in [3.63, 3.8) is 0 Å². The highest BCUT2D eigenvalue weighted by Gasteiger charge is 2.62. The number of benzene rings is 1. The molecule has 3 fully saturated rings. The summed E-state index contributed by atoms with van der Waals surface area (Å²) in [4.78, 5) is 48.5. The number of carbonyl (C=O) groups excluding carboxylic acids is 2. The van der Waals surface area contributed by atoms with Gasteiger partial charge in [0.1, 0.15) is 23.7 Å². The Kier molecular flexibility index (Phi) is 7.56. The largest absolute Gasteiger partial charge is 0.496 e. The zero-order chi connectivity index (χ0) is 28.7. The molecule has 3 atom stereocenters. The van der Waals surface area contributed by atoms with Crippen molar-refractivity contribution in [1.82, 2.24) is 14.8 Å². The zero-order valence-electron chi connectivity index (χ0n) is 23.0. The van der Waals surface area contributed by atoms with Crippen LogP contribution in [0.2, 0.25) is 0 Å². The molecule has 0 bridgehead atoms. The van der Waals surface area contributed by atoms with Crippen LogP contribution in [0.25, 0.3) is 4.91 Å². The average Bonchev–Trinajstić information content (AvgIpc) is 3.60. The van der Waals surface area contributed by atoms with E-state index in [4.69, 9.17) is 18.6 Å². The quantitative estimate of drug-likeness (QED) is 0.455. The number of methoxy groups -OCH3 is 1. The average molecular weight is 584 g/mol. The second-order valence-corrected chi connectivity index (χ2v) is 11.9. The Labute approximate surface area is 241 Å². The highest BCUT2D eigenvalue weighted by atomic mass is 32.2. The van der Waals surface area contributed by atoms with E-state index in [1.165, 1.54) is 24.2 Å². The number of carboxylic acids is 1. The Morgan fingerprint density at radius 3 is 2.63 bits per heavy atom. The summed E-state index contributed by atoms with van der Waals surface area (Å²) in [7, 11) is 1.59. The van der Waals surface area contributed by atoms with Gasteiger partial charge in [-0.05, 0) is 50.7 Å². The van der Waals surface area contributed by atoms with Gasteiger partial charge in [0.25, 0.3) is 0 Å². The number of nitrogens with zero attached hydrogens (tertiary/aromatic N) is 3. The van der Waals surface area contributed by atoms with Crippen molar-refractivity contribution in [1.29, 1.82) is 0 Å². The van der Waals surface area contributed by atoms with Gasteiger partial charge in [-0.15, -0.1) is 0 Å². The van der Waals surface area contributed by atoms with E-state index in [0.717, 1.165) is 10.5 Å². The summed E-state index contributed by atoms with van der Waals surface area (Å²) in [6.45, 7) is 3.08. The molecule has 2 aromatic rings. The number of oxazole rings is 1. The summed E-state index contributed by atoms with van der Waals surface area (Å²) < 4.78 is 23.4. The molecule has 1 aromatic carbocycles. The minimum atomic E-state index is -1.56. The maximum Gasteiger partial charge on any atom is 0.330 e. The van der Waals surface area contributed by atoms with Gasteiger partial charge in [0.05, 0.1) is 42.2 Å². The molecule has 0 spiro atoms. The fourth-order valence-corrected chi connectivity index (χ4v) is 7.72. The lowest BCUT2D eigenvalue weighted by molar-refractivity contribution is -0.166. The molecule has 3 aliphatic heterocycles. The number of rotatable bonds is 9. The van der Waals surface area contributed by atoms with E-state index >= 15 is 0 Å². The lowest BCUT2D eigenvalue weighted by Crippen LogP contribution is -2.71. The van der Waals surface area contributed by atoms with Crippen LogP contribution in [0.1, 0.15) is 56.6 Å². The normalized spacial score (nSPS) is 25.2. The summed E-state index contributed by atoms with van der Waals surface area (Å²) >= 11 is 1.34. The van der Waals surface area contributed by atoms with Crippen molar-refractivity contribution < 1.29 is 38.1 Å². The van der Waals surface area contributed by atoms with E-state index in [2.05, 4.69) is 4.98 Å². The third-order valence-electron chi connectivity index (χ3n) is 8.59. The first-order valence-electron chi connectivity index (χ1n) is 13.9. The molecule has 4 aliphatic rings. The first-order valence-corrected chi connectivity index (χ1v) is 14.7. The third kappa shape index (κ3) is 4.71. The van der Waals surface area contributed by atoms with Gasteiger partial charge in [-0.3, -0.25) is 4.79 Å². The molecule has 12 heteroatoms. The number of imide groups is 1. The maximum atomic E-state index is 14.3.